The van der Waals surface area contributed by atoms with Gasteiger partial charge in [0.25, 0.3) is 0 Å². The van der Waals surface area contributed by atoms with E-state index in [2.05, 4.69) is 18.2 Å². The summed E-state index contributed by atoms with van der Waals surface area (Å²) in [7, 11) is 0. The summed E-state index contributed by atoms with van der Waals surface area (Å²) in [6.07, 6.45) is 3.26. The van der Waals surface area contributed by atoms with Crippen LogP contribution < -0.4 is 0 Å². The molecule has 1 heterocycles. The summed E-state index contributed by atoms with van der Waals surface area (Å²) in [6, 6.07) is 10.1. The van der Waals surface area contributed by atoms with Crippen molar-refractivity contribution < 1.29 is 14.3 Å². The molecule has 3 heteroatoms. The SMILES string of the molecule is CCOC(=O)CC1(C)OCC/C1=C\c1ccccc1. The zero-order valence-electron chi connectivity index (χ0n) is 11.5. The second-order valence-corrected chi connectivity index (χ2v) is 4.89. The van der Waals surface area contributed by atoms with E-state index < -0.39 is 5.60 Å². The zero-order valence-corrected chi connectivity index (χ0v) is 11.5. The van der Waals surface area contributed by atoms with Gasteiger partial charge in [0.05, 0.1) is 25.2 Å². The minimum atomic E-state index is -0.526. The van der Waals surface area contributed by atoms with E-state index in [4.69, 9.17) is 9.47 Å². The van der Waals surface area contributed by atoms with Crippen LogP contribution in [0.25, 0.3) is 6.08 Å². The summed E-state index contributed by atoms with van der Waals surface area (Å²) in [6.45, 7) is 4.85. The maximum Gasteiger partial charge on any atom is 0.309 e. The third-order valence-corrected chi connectivity index (χ3v) is 3.40. The van der Waals surface area contributed by atoms with Crippen LogP contribution in [0.2, 0.25) is 0 Å². The largest absolute Gasteiger partial charge is 0.466 e. The molecule has 0 spiro atoms. The molecule has 3 nitrogen and oxygen atoms in total. The Balaban J connectivity index is 2.16. The molecule has 19 heavy (non-hydrogen) atoms. The maximum atomic E-state index is 11.7. The second-order valence-electron chi connectivity index (χ2n) is 4.89. The summed E-state index contributed by atoms with van der Waals surface area (Å²) in [4.78, 5) is 11.7. The van der Waals surface area contributed by atoms with Crippen LogP contribution in [0.3, 0.4) is 0 Å². The van der Waals surface area contributed by atoms with E-state index >= 15 is 0 Å². The van der Waals surface area contributed by atoms with Crippen LogP contribution in [0.4, 0.5) is 0 Å². The fourth-order valence-electron chi connectivity index (χ4n) is 2.37. The van der Waals surface area contributed by atoms with Crippen molar-refractivity contribution in [3.05, 3.63) is 41.5 Å². The lowest BCUT2D eigenvalue weighted by atomic mass is 9.91. The molecule has 1 unspecified atom stereocenters. The first-order valence-electron chi connectivity index (χ1n) is 6.70. The number of carbonyl (C=O) groups is 1. The van der Waals surface area contributed by atoms with E-state index in [0.717, 1.165) is 17.6 Å². The van der Waals surface area contributed by atoms with Gasteiger partial charge in [0.2, 0.25) is 0 Å². The highest BCUT2D eigenvalue weighted by molar-refractivity contribution is 5.72. The average molecular weight is 260 g/mol. The van der Waals surface area contributed by atoms with E-state index in [-0.39, 0.29) is 12.4 Å². The van der Waals surface area contributed by atoms with E-state index in [0.29, 0.717) is 13.2 Å². The van der Waals surface area contributed by atoms with Gasteiger partial charge in [-0.25, -0.2) is 0 Å². The van der Waals surface area contributed by atoms with Crippen LogP contribution >= 0.6 is 0 Å². The molecule has 1 aliphatic heterocycles. The van der Waals surface area contributed by atoms with Gasteiger partial charge in [-0.15, -0.1) is 0 Å². The van der Waals surface area contributed by atoms with Crippen molar-refractivity contribution in [3.8, 4) is 0 Å². The summed E-state index contributed by atoms with van der Waals surface area (Å²) in [5.41, 5.74) is 1.77. The van der Waals surface area contributed by atoms with Gasteiger partial charge in [-0.2, -0.15) is 0 Å². The van der Waals surface area contributed by atoms with Crippen LogP contribution in [0, 0.1) is 0 Å². The van der Waals surface area contributed by atoms with Crippen molar-refractivity contribution in [1.82, 2.24) is 0 Å². The molecule has 0 N–H and O–H groups in total. The molecule has 1 aromatic carbocycles. The number of benzene rings is 1. The minimum absolute atomic E-state index is 0.203. The molecule has 1 atom stereocenters. The lowest BCUT2D eigenvalue weighted by Gasteiger charge is -2.24. The summed E-state index contributed by atoms with van der Waals surface area (Å²) < 4.78 is 10.8. The van der Waals surface area contributed by atoms with E-state index in [9.17, 15) is 4.79 Å². The number of rotatable bonds is 4. The molecular formula is C16H20O3. The number of ether oxygens (including phenoxy) is 2. The van der Waals surface area contributed by atoms with Gasteiger partial charge in [-0.3, -0.25) is 4.79 Å². The Morgan fingerprint density at radius 1 is 1.42 bits per heavy atom. The topological polar surface area (TPSA) is 35.5 Å². The van der Waals surface area contributed by atoms with Crippen LogP contribution in [0.1, 0.15) is 32.3 Å². The van der Waals surface area contributed by atoms with Crippen molar-refractivity contribution in [1.29, 1.82) is 0 Å². The number of esters is 1. The van der Waals surface area contributed by atoms with Gasteiger partial charge >= 0.3 is 5.97 Å². The Morgan fingerprint density at radius 3 is 2.84 bits per heavy atom. The molecule has 0 bridgehead atoms. The molecule has 0 amide bonds. The summed E-state index contributed by atoms with van der Waals surface area (Å²) in [5.74, 6) is -0.203. The van der Waals surface area contributed by atoms with Crippen molar-refractivity contribution in [2.75, 3.05) is 13.2 Å². The first kappa shape index (κ1) is 13.8. The molecule has 1 aromatic rings. The second kappa shape index (κ2) is 6.02. The van der Waals surface area contributed by atoms with Crippen LogP contribution in [-0.4, -0.2) is 24.8 Å². The molecule has 1 fully saturated rings. The molecule has 1 aliphatic rings. The standard InChI is InChI=1S/C16H20O3/c1-3-18-15(17)12-16(2)14(9-10-19-16)11-13-7-5-4-6-8-13/h4-8,11H,3,9-10,12H2,1-2H3/b14-11+. The Hall–Kier alpha value is -1.61. The molecule has 2 rings (SSSR count). The highest BCUT2D eigenvalue weighted by Crippen LogP contribution is 2.35. The van der Waals surface area contributed by atoms with Gasteiger partial charge in [-0.1, -0.05) is 36.4 Å². The van der Waals surface area contributed by atoms with E-state index in [1.165, 1.54) is 0 Å². The van der Waals surface area contributed by atoms with Gasteiger partial charge in [0, 0.05) is 0 Å². The predicted molar refractivity (Wildman–Crippen MR) is 74.6 cm³/mol. The first-order valence-corrected chi connectivity index (χ1v) is 6.70. The molecule has 0 saturated carbocycles. The molecule has 0 aliphatic carbocycles. The summed E-state index contributed by atoms with van der Waals surface area (Å²) in [5, 5.41) is 0. The number of hydrogen-bond acceptors (Lipinski definition) is 3. The lowest BCUT2D eigenvalue weighted by molar-refractivity contribution is -0.147. The van der Waals surface area contributed by atoms with Crippen LogP contribution in [-0.2, 0) is 14.3 Å². The van der Waals surface area contributed by atoms with Crippen molar-refractivity contribution in [2.24, 2.45) is 0 Å². The molecule has 1 saturated heterocycles. The fraction of sp³-hybridized carbons (Fsp3) is 0.438. The molecular weight excluding hydrogens is 240 g/mol. The van der Waals surface area contributed by atoms with Crippen molar-refractivity contribution in [2.45, 2.75) is 32.3 Å². The average Bonchev–Trinajstić information content (AvgIpc) is 2.72. The maximum absolute atomic E-state index is 11.7. The van der Waals surface area contributed by atoms with Crippen molar-refractivity contribution in [3.63, 3.8) is 0 Å². The smallest absolute Gasteiger partial charge is 0.309 e. The Morgan fingerprint density at radius 2 is 2.16 bits per heavy atom. The Labute approximate surface area is 114 Å². The number of carbonyl (C=O) groups excluding carboxylic acids is 1. The molecule has 0 radical (unpaired) electrons. The van der Waals surface area contributed by atoms with Gasteiger partial charge < -0.3 is 9.47 Å². The van der Waals surface area contributed by atoms with Gasteiger partial charge in [0.15, 0.2) is 0 Å². The van der Waals surface area contributed by atoms with Crippen LogP contribution in [0.15, 0.2) is 35.9 Å². The van der Waals surface area contributed by atoms with Gasteiger partial charge in [0.1, 0.15) is 0 Å². The van der Waals surface area contributed by atoms with E-state index in [1.807, 2.05) is 32.0 Å². The Kier molecular flexibility index (Phi) is 4.38. The minimum Gasteiger partial charge on any atom is -0.466 e. The third-order valence-electron chi connectivity index (χ3n) is 3.40. The third kappa shape index (κ3) is 3.44. The fourth-order valence-corrected chi connectivity index (χ4v) is 2.37. The predicted octanol–water partition coefficient (Wildman–Crippen LogP) is 3.20. The van der Waals surface area contributed by atoms with E-state index in [1.54, 1.807) is 0 Å². The van der Waals surface area contributed by atoms with Crippen molar-refractivity contribution >= 4 is 12.0 Å². The quantitative estimate of drug-likeness (QED) is 0.780. The van der Waals surface area contributed by atoms with Gasteiger partial charge in [-0.05, 0) is 31.4 Å². The summed E-state index contributed by atoms with van der Waals surface area (Å²) >= 11 is 0. The monoisotopic (exact) mass is 260 g/mol. The Bertz CT molecular complexity index is 464. The zero-order chi connectivity index (χ0) is 13.7. The lowest BCUT2D eigenvalue weighted by Crippen LogP contribution is -2.29. The first-order chi connectivity index (χ1) is 9.14. The number of hydrogen-bond donors (Lipinski definition) is 0. The van der Waals surface area contributed by atoms with Crippen LogP contribution in [0.5, 0.6) is 0 Å². The highest BCUT2D eigenvalue weighted by atomic mass is 16.5. The normalized spacial score (nSPS) is 24.6. The highest BCUT2D eigenvalue weighted by Gasteiger charge is 2.37. The molecule has 102 valence electrons. The molecule has 0 aromatic heterocycles.